The zero-order valence-electron chi connectivity index (χ0n) is 11.6. The molecule has 1 aromatic heterocycles. The molecule has 20 heavy (non-hydrogen) atoms. The number of nitrogens with one attached hydrogen (secondary N) is 2. The molecule has 4 nitrogen and oxygen atoms in total. The van der Waals surface area contributed by atoms with Gasteiger partial charge in [-0.3, -0.25) is 4.79 Å². The summed E-state index contributed by atoms with van der Waals surface area (Å²) in [7, 11) is 0. The van der Waals surface area contributed by atoms with E-state index in [1.54, 1.807) is 11.3 Å². The van der Waals surface area contributed by atoms with Crippen molar-refractivity contribution < 1.29 is 4.79 Å². The molecule has 1 fully saturated rings. The van der Waals surface area contributed by atoms with Gasteiger partial charge >= 0.3 is 0 Å². The van der Waals surface area contributed by atoms with Gasteiger partial charge in [-0.1, -0.05) is 6.92 Å². The van der Waals surface area contributed by atoms with Crippen molar-refractivity contribution in [3.05, 3.63) is 23.7 Å². The van der Waals surface area contributed by atoms with E-state index in [-0.39, 0.29) is 11.3 Å². The summed E-state index contributed by atoms with van der Waals surface area (Å²) in [5.74, 6) is 0.158. The molecule has 5 heteroatoms. The van der Waals surface area contributed by atoms with Crippen molar-refractivity contribution in [1.82, 2.24) is 10.3 Å². The highest BCUT2D eigenvalue weighted by molar-refractivity contribution is 7.16. The third kappa shape index (κ3) is 2.43. The summed E-state index contributed by atoms with van der Waals surface area (Å²) in [5, 5.41) is 6.42. The number of anilines is 1. The zero-order chi connectivity index (χ0) is 14.0. The van der Waals surface area contributed by atoms with Gasteiger partial charge in [-0.2, -0.15) is 0 Å². The maximum Gasteiger partial charge on any atom is 0.230 e. The number of nitrogens with zero attached hydrogens (tertiary/aromatic N) is 1. The van der Waals surface area contributed by atoms with E-state index in [0.717, 1.165) is 48.3 Å². The van der Waals surface area contributed by atoms with Gasteiger partial charge in [0, 0.05) is 5.69 Å². The van der Waals surface area contributed by atoms with E-state index in [2.05, 4.69) is 22.5 Å². The van der Waals surface area contributed by atoms with Gasteiger partial charge in [-0.25, -0.2) is 4.98 Å². The number of piperidine rings is 1. The smallest absolute Gasteiger partial charge is 0.230 e. The van der Waals surface area contributed by atoms with Crippen molar-refractivity contribution in [2.45, 2.75) is 26.2 Å². The molecule has 0 atom stereocenters. The number of fused-ring (bicyclic) bond motifs is 1. The Morgan fingerprint density at radius 2 is 2.25 bits per heavy atom. The molecule has 1 aliphatic heterocycles. The van der Waals surface area contributed by atoms with Gasteiger partial charge in [0.05, 0.1) is 21.1 Å². The third-order valence-electron chi connectivity index (χ3n) is 4.31. The summed E-state index contributed by atoms with van der Waals surface area (Å²) in [6.45, 7) is 3.96. The minimum absolute atomic E-state index is 0.158. The van der Waals surface area contributed by atoms with Crippen molar-refractivity contribution >= 4 is 33.1 Å². The lowest BCUT2D eigenvalue weighted by molar-refractivity contribution is -0.127. The molecule has 3 rings (SSSR count). The standard InChI is InChI=1S/C15H19N3OS/c1-2-15(5-7-16-8-6-15)14(19)18-11-3-4-12-13(9-11)20-10-17-12/h3-4,9-10,16H,2,5-8H2,1H3,(H,18,19). The fourth-order valence-electron chi connectivity index (χ4n) is 2.84. The van der Waals surface area contributed by atoms with E-state index >= 15 is 0 Å². The molecule has 1 amide bonds. The van der Waals surface area contributed by atoms with Crippen LogP contribution in [-0.2, 0) is 4.79 Å². The van der Waals surface area contributed by atoms with E-state index in [0.29, 0.717) is 0 Å². The number of carbonyl (C=O) groups excluding carboxylic acids is 1. The summed E-state index contributed by atoms with van der Waals surface area (Å²) in [6, 6.07) is 5.90. The van der Waals surface area contributed by atoms with Crippen LogP contribution in [-0.4, -0.2) is 24.0 Å². The van der Waals surface area contributed by atoms with Crippen molar-refractivity contribution in [2.75, 3.05) is 18.4 Å². The van der Waals surface area contributed by atoms with Crippen molar-refractivity contribution in [3.8, 4) is 0 Å². The van der Waals surface area contributed by atoms with Crippen LogP contribution in [0.1, 0.15) is 26.2 Å². The number of hydrogen-bond donors (Lipinski definition) is 2. The molecule has 2 heterocycles. The summed E-state index contributed by atoms with van der Waals surface area (Å²) in [6.07, 6.45) is 2.72. The molecule has 0 spiro atoms. The number of rotatable bonds is 3. The highest BCUT2D eigenvalue weighted by Crippen LogP contribution is 2.34. The molecule has 2 N–H and O–H groups in total. The van der Waals surface area contributed by atoms with E-state index in [9.17, 15) is 4.79 Å². The van der Waals surface area contributed by atoms with Gasteiger partial charge in [0.15, 0.2) is 0 Å². The first kappa shape index (κ1) is 13.5. The summed E-state index contributed by atoms with van der Waals surface area (Å²) in [5.41, 5.74) is 3.48. The minimum Gasteiger partial charge on any atom is -0.326 e. The maximum atomic E-state index is 12.6. The first-order chi connectivity index (χ1) is 9.73. The Hall–Kier alpha value is -1.46. The lowest BCUT2D eigenvalue weighted by Crippen LogP contribution is -2.44. The Kier molecular flexibility index (Phi) is 3.72. The topological polar surface area (TPSA) is 54.0 Å². The molecule has 2 aromatic rings. The molecule has 0 aliphatic carbocycles. The van der Waals surface area contributed by atoms with Crippen LogP contribution in [0.25, 0.3) is 10.2 Å². The van der Waals surface area contributed by atoms with Crippen LogP contribution in [0.3, 0.4) is 0 Å². The van der Waals surface area contributed by atoms with Crippen LogP contribution in [0.15, 0.2) is 23.7 Å². The second-order valence-electron chi connectivity index (χ2n) is 5.37. The second-order valence-corrected chi connectivity index (χ2v) is 6.26. The molecule has 106 valence electrons. The van der Waals surface area contributed by atoms with Gasteiger partial charge in [0.1, 0.15) is 0 Å². The fraction of sp³-hybridized carbons (Fsp3) is 0.467. The molecule has 0 radical (unpaired) electrons. The Bertz CT molecular complexity index is 616. The van der Waals surface area contributed by atoms with Gasteiger partial charge in [-0.05, 0) is 50.6 Å². The minimum atomic E-state index is -0.214. The van der Waals surface area contributed by atoms with E-state index in [1.165, 1.54) is 0 Å². The number of thiazole rings is 1. The van der Waals surface area contributed by atoms with Crippen LogP contribution in [0.2, 0.25) is 0 Å². The largest absolute Gasteiger partial charge is 0.326 e. The second kappa shape index (κ2) is 5.50. The number of aromatic nitrogens is 1. The SMILES string of the molecule is CCC1(C(=O)Nc2ccc3ncsc3c2)CCNCC1. The van der Waals surface area contributed by atoms with Gasteiger partial charge in [-0.15, -0.1) is 11.3 Å². The molecular formula is C15H19N3OS. The number of benzene rings is 1. The number of amides is 1. The van der Waals surface area contributed by atoms with E-state index < -0.39 is 0 Å². The van der Waals surface area contributed by atoms with Crippen LogP contribution in [0.5, 0.6) is 0 Å². The molecule has 0 unspecified atom stereocenters. The van der Waals surface area contributed by atoms with Crippen LogP contribution in [0.4, 0.5) is 5.69 Å². The van der Waals surface area contributed by atoms with Crippen LogP contribution in [0, 0.1) is 5.41 Å². The van der Waals surface area contributed by atoms with Gasteiger partial charge in [0.2, 0.25) is 5.91 Å². The van der Waals surface area contributed by atoms with E-state index in [4.69, 9.17) is 0 Å². The van der Waals surface area contributed by atoms with E-state index in [1.807, 2.05) is 23.7 Å². The molecule has 0 bridgehead atoms. The Morgan fingerprint density at radius 3 is 3.00 bits per heavy atom. The third-order valence-corrected chi connectivity index (χ3v) is 5.10. The number of hydrogen-bond acceptors (Lipinski definition) is 4. The lowest BCUT2D eigenvalue weighted by Gasteiger charge is -2.35. The molecule has 1 aliphatic rings. The first-order valence-corrected chi connectivity index (χ1v) is 7.97. The monoisotopic (exact) mass is 289 g/mol. The van der Waals surface area contributed by atoms with Gasteiger partial charge in [0.25, 0.3) is 0 Å². The summed E-state index contributed by atoms with van der Waals surface area (Å²) in [4.78, 5) is 16.9. The Balaban J connectivity index is 1.80. The predicted molar refractivity (Wildman–Crippen MR) is 83.1 cm³/mol. The van der Waals surface area contributed by atoms with Gasteiger partial charge < -0.3 is 10.6 Å². The highest BCUT2D eigenvalue weighted by atomic mass is 32.1. The molecule has 1 saturated heterocycles. The average molecular weight is 289 g/mol. The maximum absolute atomic E-state index is 12.6. The van der Waals surface area contributed by atoms with Crippen molar-refractivity contribution in [2.24, 2.45) is 5.41 Å². The summed E-state index contributed by atoms with van der Waals surface area (Å²) < 4.78 is 1.11. The molecule has 0 saturated carbocycles. The highest BCUT2D eigenvalue weighted by Gasteiger charge is 2.37. The normalized spacial score (nSPS) is 18.1. The Labute approximate surface area is 122 Å². The van der Waals surface area contributed by atoms with Crippen molar-refractivity contribution in [3.63, 3.8) is 0 Å². The van der Waals surface area contributed by atoms with Crippen LogP contribution < -0.4 is 10.6 Å². The number of carbonyl (C=O) groups is 1. The first-order valence-electron chi connectivity index (χ1n) is 7.09. The predicted octanol–water partition coefficient (Wildman–Crippen LogP) is 3.01. The quantitative estimate of drug-likeness (QED) is 0.913. The van der Waals surface area contributed by atoms with Crippen molar-refractivity contribution in [1.29, 1.82) is 0 Å². The fourth-order valence-corrected chi connectivity index (χ4v) is 3.56. The zero-order valence-corrected chi connectivity index (χ0v) is 12.4. The van der Waals surface area contributed by atoms with Crippen LogP contribution >= 0.6 is 11.3 Å². The lowest BCUT2D eigenvalue weighted by atomic mass is 9.76. The summed E-state index contributed by atoms with van der Waals surface area (Å²) >= 11 is 1.60. The average Bonchev–Trinajstić information content (AvgIpc) is 2.95. The molecule has 1 aromatic carbocycles. The Morgan fingerprint density at radius 1 is 1.45 bits per heavy atom. The molecular weight excluding hydrogens is 270 g/mol.